The maximum atomic E-state index is 13.3. The highest BCUT2D eigenvalue weighted by Gasteiger charge is 2.18. The van der Waals surface area contributed by atoms with Gasteiger partial charge in [-0.15, -0.1) is 6.42 Å². The van der Waals surface area contributed by atoms with Crippen molar-refractivity contribution >= 4 is 0 Å². The van der Waals surface area contributed by atoms with E-state index < -0.39 is 23.8 Å². The molecular weight excluding hydrogens is 191 g/mol. The highest BCUT2D eigenvalue weighted by Crippen LogP contribution is 2.26. The summed E-state index contributed by atoms with van der Waals surface area (Å²) in [5.74, 6) is 1.06. The van der Waals surface area contributed by atoms with Gasteiger partial charge >= 0.3 is 0 Å². The zero-order valence-corrected chi connectivity index (χ0v) is 7.18. The van der Waals surface area contributed by atoms with Crippen molar-refractivity contribution in [2.75, 3.05) is 0 Å². The molecule has 1 nitrogen and oxygen atoms in total. The number of hydrogen-bond acceptors (Lipinski definition) is 1. The minimum Gasteiger partial charge on any atom is -0.314 e. The van der Waals surface area contributed by atoms with Crippen LogP contribution in [-0.4, -0.2) is 0 Å². The van der Waals surface area contributed by atoms with Crippen LogP contribution in [0.5, 0.6) is 0 Å². The van der Waals surface area contributed by atoms with Crippen LogP contribution in [0.1, 0.15) is 23.6 Å². The average molecular weight is 199 g/mol. The van der Waals surface area contributed by atoms with E-state index in [9.17, 15) is 13.2 Å². The molecule has 0 radical (unpaired) electrons. The van der Waals surface area contributed by atoms with E-state index in [4.69, 9.17) is 12.2 Å². The van der Waals surface area contributed by atoms with E-state index in [1.807, 2.05) is 0 Å². The summed E-state index contributed by atoms with van der Waals surface area (Å²) in [5.41, 5.74) is 4.59. The van der Waals surface area contributed by atoms with Gasteiger partial charge in [0.05, 0.1) is 11.6 Å². The summed E-state index contributed by atoms with van der Waals surface area (Å²) in [5, 5.41) is 0. The quantitative estimate of drug-likeness (QED) is 0.727. The molecule has 0 bridgehead atoms. The fourth-order valence-electron chi connectivity index (χ4n) is 1.07. The van der Waals surface area contributed by atoms with Crippen molar-refractivity contribution in [2.45, 2.75) is 12.5 Å². The first-order chi connectivity index (χ1) is 6.57. The Morgan fingerprint density at radius 2 is 1.86 bits per heavy atom. The maximum Gasteiger partial charge on any atom is 0.266 e. The van der Waals surface area contributed by atoms with Crippen LogP contribution in [0.3, 0.4) is 0 Å². The molecule has 0 fully saturated rings. The second-order valence-electron chi connectivity index (χ2n) is 2.70. The summed E-state index contributed by atoms with van der Waals surface area (Å²) in [6.45, 7) is 0. The van der Waals surface area contributed by atoms with Crippen LogP contribution in [0.25, 0.3) is 0 Å². The van der Waals surface area contributed by atoms with E-state index in [2.05, 4.69) is 5.92 Å². The Bertz CT molecular complexity index is 368. The van der Waals surface area contributed by atoms with Gasteiger partial charge in [-0.25, -0.2) is 13.2 Å². The Morgan fingerprint density at radius 3 is 2.36 bits per heavy atom. The van der Waals surface area contributed by atoms with Gasteiger partial charge in [0.25, 0.3) is 6.43 Å². The van der Waals surface area contributed by atoms with E-state index in [-0.39, 0.29) is 5.56 Å². The zero-order valence-electron chi connectivity index (χ0n) is 7.18. The second kappa shape index (κ2) is 4.16. The van der Waals surface area contributed by atoms with Crippen molar-refractivity contribution in [2.24, 2.45) is 5.73 Å². The van der Waals surface area contributed by atoms with Gasteiger partial charge in [0, 0.05) is 5.56 Å². The van der Waals surface area contributed by atoms with E-state index in [1.54, 1.807) is 0 Å². The fourth-order valence-corrected chi connectivity index (χ4v) is 1.07. The maximum absolute atomic E-state index is 13.3. The zero-order chi connectivity index (χ0) is 10.7. The predicted octanol–water partition coefficient (Wildman–Crippen LogP) is 2.40. The van der Waals surface area contributed by atoms with Crippen molar-refractivity contribution in [3.8, 4) is 12.3 Å². The molecule has 0 spiro atoms. The van der Waals surface area contributed by atoms with Crippen molar-refractivity contribution in [1.29, 1.82) is 0 Å². The SMILES string of the molecule is C#C[C@@H](N)c1cccc(C(F)F)c1F. The summed E-state index contributed by atoms with van der Waals surface area (Å²) in [7, 11) is 0. The van der Waals surface area contributed by atoms with Gasteiger partial charge in [-0.2, -0.15) is 0 Å². The molecule has 0 aliphatic heterocycles. The molecule has 1 atom stereocenters. The molecule has 1 aromatic carbocycles. The predicted molar refractivity (Wildman–Crippen MR) is 47.1 cm³/mol. The highest BCUT2D eigenvalue weighted by molar-refractivity contribution is 5.32. The third kappa shape index (κ3) is 1.88. The highest BCUT2D eigenvalue weighted by atomic mass is 19.3. The summed E-state index contributed by atoms with van der Waals surface area (Å²) in [6.07, 6.45) is 2.11. The normalized spacial score (nSPS) is 12.6. The summed E-state index contributed by atoms with van der Waals surface area (Å²) in [6, 6.07) is 2.61. The first-order valence-electron chi connectivity index (χ1n) is 3.86. The molecular formula is C10H8F3N. The van der Waals surface area contributed by atoms with Gasteiger partial charge in [-0.3, -0.25) is 0 Å². The summed E-state index contributed by atoms with van der Waals surface area (Å²) < 4.78 is 37.8. The number of hydrogen-bond donors (Lipinski definition) is 1. The molecule has 0 aliphatic rings. The van der Waals surface area contributed by atoms with Crippen molar-refractivity contribution in [1.82, 2.24) is 0 Å². The van der Waals surface area contributed by atoms with E-state index in [1.165, 1.54) is 12.1 Å². The monoisotopic (exact) mass is 199 g/mol. The molecule has 74 valence electrons. The van der Waals surface area contributed by atoms with Gasteiger partial charge in [0.15, 0.2) is 0 Å². The lowest BCUT2D eigenvalue weighted by Crippen LogP contribution is -2.10. The van der Waals surface area contributed by atoms with Crippen molar-refractivity contribution < 1.29 is 13.2 Å². The topological polar surface area (TPSA) is 26.0 Å². The molecule has 0 amide bonds. The van der Waals surface area contributed by atoms with Gasteiger partial charge in [-0.1, -0.05) is 24.1 Å². The number of nitrogens with two attached hydrogens (primary N) is 1. The number of rotatable bonds is 2. The molecule has 1 aromatic rings. The number of benzene rings is 1. The van der Waals surface area contributed by atoms with Crippen LogP contribution in [-0.2, 0) is 0 Å². The van der Waals surface area contributed by atoms with E-state index in [0.29, 0.717) is 0 Å². The average Bonchev–Trinajstić information content (AvgIpc) is 2.16. The molecule has 2 N–H and O–H groups in total. The van der Waals surface area contributed by atoms with Crippen LogP contribution >= 0.6 is 0 Å². The lowest BCUT2D eigenvalue weighted by Gasteiger charge is -2.09. The minimum atomic E-state index is -2.86. The van der Waals surface area contributed by atoms with Crippen LogP contribution < -0.4 is 5.73 Å². The van der Waals surface area contributed by atoms with Crippen LogP contribution in [0.15, 0.2) is 18.2 Å². The second-order valence-corrected chi connectivity index (χ2v) is 2.70. The van der Waals surface area contributed by atoms with Gasteiger partial charge in [0.2, 0.25) is 0 Å². The largest absolute Gasteiger partial charge is 0.314 e. The Labute approximate surface area is 79.7 Å². The molecule has 0 aromatic heterocycles. The van der Waals surface area contributed by atoms with Gasteiger partial charge < -0.3 is 5.73 Å². The summed E-state index contributed by atoms with van der Waals surface area (Å²) >= 11 is 0. The van der Waals surface area contributed by atoms with Gasteiger partial charge in [-0.05, 0) is 0 Å². The van der Waals surface area contributed by atoms with E-state index in [0.717, 1.165) is 6.07 Å². The molecule has 0 heterocycles. The molecule has 4 heteroatoms. The molecule has 1 rings (SSSR count). The van der Waals surface area contributed by atoms with Crippen LogP contribution in [0.2, 0.25) is 0 Å². The first-order valence-corrected chi connectivity index (χ1v) is 3.86. The Morgan fingerprint density at radius 1 is 1.29 bits per heavy atom. The molecule has 0 saturated heterocycles. The van der Waals surface area contributed by atoms with Crippen LogP contribution in [0, 0.1) is 18.2 Å². The standard InChI is InChI=1S/C10H8F3N/c1-2-8(14)6-4-3-5-7(9(6)11)10(12)13/h1,3-5,8,10H,14H2/t8-/m1/s1. The lowest BCUT2D eigenvalue weighted by molar-refractivity contribution is 0.146. The summed E-state index contributed by atoms with van der Waals surface area (Å²) in [4.78, 5) is 0. The molecule has 14 heavy (non-hydrogen) atoms. The molecule has 0 saturated carbocycles. The Kier molecular flexibility index (Phi) is 3.15. The first kappa shape index (κ1) is 10.6. The van der Waals surface area contributed by atoms with E-state index >= 15 is 0 Å². The third-order valence-corrected chi connectivity index (χ3v) is 1.81. The van der Waals surface area contributed by atoms with Crippen molar-refractivity contribution in [3.63, 3.8) is 0 Å². The molecule has 0 unspecified atom stereocenters. The third-order valence-electron chi connectivity index (χ3n) is 1.81. The smallest absolute Gasteiger partial charge is 0.266 e. The molecule has 0 aliphatic carbocycles. The lowest BCUT2D eigenvalue weighted by atomic mass is 10.0. The van der Waals surface area contributed by atoms with Crippen molar-refractivity contribution in [3.05, 3.63) is 35.1 Å². The minimum absolute atomic E-state index is 0.0784. The number of halogens is 3. The number of terminal acetylenes is 1. The number of alkyl halides is 2. The van der Waals surface area contributed by atoms with Gasteiger partial charge in [0.1, 0.15) is 5.82 Å². The van der Waals surface area contributed by atoms with Crippen LogP contribution in [0.4, 0.5) is 13.2 Å². The Hall–Kier alpha value is -1.47. The fraction of sp³-hybridized carbons (Fsp3) is 0.200. The Balaban J connectivity index is 3.22.